The summed E-state index contributed by atoms with van der Waals surface area (Å²) in [4.78, 5) is 9.36. The molecule has 0 saturated carbocycles. The van der Waals surface area contributed by atoms with Gasteiger partial charge in [0.15, 0.2) is 0 Å². The fourth-order valence-corrected chi connectivity index (χ4v) is 13.1. The molecule has 15 rings (SSSR count). The lowest BCUT2D eigenvalue weighted by atomic mass is 9.92. The molecule has 0 aromatic heterocycles. The van der Waals surface area contributed by atoms with Crippen molar-refractivity contribution in [3.8, 4) is 55.6 Å². The maximum Gasteiger partial charge on any atom is 0.0462 e. The number of hydrogen-bond acceptors (Lipinski definition) is 4. The number of nitrogens with zero attached hydrogens (tertiary/aromatic N) is 4. The Hall–Kier alpha value is -12.0. The maximum absolute atomic E-state index is 2.37. The van der Waals surface area contributed by atoms with E-state index in [0.717, 1.165) is 104 Å². The van der Waals surface area contributed by atoms with Gasteiger partial charge in [-0.3, -0.25) is 0 Å². The highest BCUT2D eigenvalue weighted by Crippen LogP contribution is 2.42. The highest BCUT2D eigenvalue weighted by atomic mass is 15.2. The number of para-hydroxylation sites is 3. The summed E-state index contributed by atoms with van der Waals surface area (Å²) < 4.78 is 0. The van der Waals surface area contributed by atoms with Crippen LogP contribution in [-0.2, 0) is 0 Å². The van der Waals surface area contributed by atoms with Crippen molar-refractivity contribution in [1.82, 2.24) is 0 Å². The molecule has 1 atom stereocenters. The molecule has 1 unspecified atom stereocenters. The molecule has 4 heteroatoms. The summed E-state index contributed by atoms with van der Waals surface area (Å²) in [7, 11) is 0. The molecule has 0 N–H and O–H groups in total. The first-order valence-corrected chi connectivity index (χ1v) is 32.6. The van der Waals surface area contributed by atoms with E-state index < -0.39 is 0 Å². The summed E-state index contributed by atoms with van der Waals surface area (Å²) >= 11 is 0. The molecule has 0 saturated heterocycles. The van der Waals surface area contributed by atoms with E-state index in [1.807, 2.05) is 0 Å². The summed E-state index contributed by atoms with van der Waals surface area (Å²) in [5.74, 6) is 0.413. The number of rotatable bonds is 18. The van der Waals surface area contributed by atoms with Crippen LogP contribution in [-0.4, -0.2) is 0 Å². The topological polar surface area (TPSA) is 13.0 Å². The molecule has 0 spiro atoms. The molecule has 0 bridgehead atoms. The molecule has 0 fully saturated rings. The van der Waals surface area contributed by atoms with Crippen molar-refractivity contribution < 1.29 is 0 Å². The summed E-state index contributed by atoms with van der Waals surface area (Å²) in [5, 5.41) is 0. The van der Waals surface area contributed by atoms with Crippen molar-refractivity contribution in [1.29, 1.82) is 0 Å². The number of anilines is 11. The van der Waals surface area contributed by atoms with E-state index in [2.05, 4.69) is 402 Å². The molecule has 0 heterocycles. The zero-order chi connectivity index (χ0) is 62.8. The van der Waals surface area contributed by atoms with Crippen molar-refractivity contribution >= 4 is 62.6 Å². The Balaban J connectivity index is 0.626. The first kappa shape index (κ1) is 58.4. The van der Waals surface area contributed by atoms with E-state index in [-0.39, 0.29) is 0 Å². The highest BCUT2D eigenvalue weighted by molar-refractivity contribution is 5.85. The van der Waals surface area contributed by atoms with Gasteiger partial charge in [-0.15, -0.1) is 0 Å². The lowest BCUT2D eigenvalue weighted by Crippen LogP contribution is -2.16. The molecule has 13 aromatic carbocycles. The van der Waals surface area contributed by atoms with Gasteiger partial charge in [-0.2, -0.15) is 0 Å². The van der Waals surface area contributed by atoms with Crippen LogP contribution in [0, 0.1) is 0 Å². The second-order valence-corrected chi connectivity index (χ2v) is 24.0. The van der Waals surface area contributed by atoms with Crippen LogP contribution < -0.4 is 19.6 Å². The van der Waals surface area contributed by atoms with Crippen molar-refractivity contribution in [2.24, 2.45) is 0 Å². The summed E-state index contributed by atoms with van der Waals surface area (Å²) in [5.41, 5.74) is 26.5. The number of hydrogen-bond donors (Lipinski definition) is 0. The second kappa shape index (κ2) is 27.2. The number of allylic oxidation sites excluding steroid dienone is 7. The molecule has 450 valence electrons. The first-order valence-electron chi connectivity index (χ1n) is 32.6. The van der Waals surface area contributed by atoms with E-state index in [9.17, 15) is 0 Å². The van der Waals surface area contributed by atoms with Gasteiger partial charge in [0, 0.05) is 74.2 Å². The highest BCUT2D eigenvalue weighted by Gasteiger charge is 2.20. The van der Waals surface area contributed by atoms with E-state index in [1.54, 1.807) is 0 Å². The van der Waals surface area contributed by atoms with Crippen LogP contribution in [0.3, 0.4) is 0 Å². The Morgan fingerprint density at radius 1 is 0.213 bits per heavy atom. The molecular formula is C90H70N4. The van der Waals surface area contributed by atoms with Crippen LogP contribution in [0.25, 0.3) is 55.6 Å². The van der Waals surface area contributed by atoms with Crippen LogP contribution in [0.5, 0.6) is 0 Å². The van der Waals surface area contributed by atoms with E-state index >= 15 is 0 Å². The van der Waals surface area contributed by atoms with Crippen molar-refractivity contribution in [3.63, 3.8) is 0 Å². The molecule has 94 heavy (non-hydrogen) atoms. The van der Waals surface area contributed by atoms with Crippen LogP contribution in [0.4, 0.5) is 62.6 Å². The zero-order valence-corrected chi connectivity index (χ0v) is 52.4. The molecule has 0 aliphatic heterocycles. The third-order valence-electron chi connectivity index (χ3n) is 18.0. The fraction of sp³-hybridized carbons (Fsp3) is 0.0444. The SMILES string of the molecule is C1=CCC(c2ccc(N(c3ccccc3)c3ccc(-c4ccc(N(c5ccccc5)c5ccc(-c6ccc(-c7ccc(N(c8ccccc8)c8ccc(-c9ccc(N(C%10=CCCC=C%10)c%10ccc(-c%11ccccc%11)cc%10)cc9)cc8)cc7)cc6)cc5)cc4)cc3)cc2)C=C1. The van der Waals surface area contributed by atoms with Crippen molar-refractivity contribution in [3.05, 3.63) is 394 Å². The first-order chi connectivity index (χ1) is 46.6. The average molecular weight is 1210 g/mol. The van der Waals surface area contributed by atoms with Gasteiger partial charge < -0.3 is 19.6 Å². The summed E-state index contributed by atoms with van der Waals surface area (Å²) in [6.07, 6.45) is 18.8. The molecule has 0 radical (unpaired) electrons. The Morgan fingerprint density at radius 2 is 0.468 bits per heavy atom. The minimum absolute atomic E-state index is 0.413. The van der Waals surface area contributed by atoms with E-state index in [4.69, 9.17) is 0 Å². The zero-order valence-electron chi connectivity index (χ0n) is 52.4. The molecule has 13 aromatic rings. The lowest BCUT2D eigenvalue weighted by molar-refractivity contribution is 0.854. The number of benzene rings is 13. The van der Waals surface area contributed by atoms with Gasteiger partial charge in [-0.05, 0) is 220 Å². The van der Waals surface area contributed by atoms with Gasteiger partial charge in [0.05, 0.1) is 0 Å². The van der Waals surface area contributed by atoms with E-state index in [0.29, 0.717) is 5.92 Å². The molecular weight excluding hydrogens is 1140 g/mol. The standard InChI is InChI=1S/C90H70N4/c1-7-19-67(20-8-1)71-35-51-83(52-36-71)91(79-23-11-3-12-24-79)87-59-43-75(44-60-87)77-47-63-89(64-48-77)93(81-27-15-5-16-28-81)85-55-39-73(40-56-85)69-31-33-70(34-32-69)74-41-57-86(58-42-74)94(82-29-17-6-18-30-82)90-65-49-78(50-66-90)76-45-61-88(62-46-76)92(80-25-13-4-14-26-80)84-53-37-72(38-54-84)68-21-9-2-10-22-68/h1-3,5-13,15-19,21-67H,4,14,20H2. The van der Waals surface area contributed by atoms with E-state index in [1.165, 1.54) is 44.6 Å². The predicted molar refractivity (Wildman–Crippen MR) is 398 cm³/mol. The van der Waals surface area contributed by atoms with Crippen LogP contribution >= 0.6 is 0 Å². The molecule has 2 aliphatic carbocycles. The smallest absolute Gasteiger partial charge is 0.0462 e. The molecule has 4 nitrogen and oxygen atoms in total. The average Bonchev–Trinajstić information content (AvgIpc) is 2.45. The minimum atomic E-state index is 0.413. The predicted octanol–water partition coefficient (Wildman–Crippen LogP) is 25.4. The van der Waals surface area contributed by atoms with Gasteiger partial charge in [0.2, 0.25) is 0 Å². The van der Waals surface area contributed by atoms with Crippen molar-refractivity contribution in [2.45, 2.75) is 25.2 Å². The van der Waals surface area contributed by atoms with Gasteiger partial charge in [-0.1, -0.05) is 243 Å². The summed E-state index contributed by atoms with van der Waals surface area (Å²) in [6.45, 7) is 0. The Morgan fingerprint density at radius 3 is 0.745 bits per heavy atom. The maximum atomic E-state index is 2.37. The largest absolute Gasteiger partial charge is 0.311 e. The normalized spacial score (nSPS) is 13.2. The van der Waals surface area contributed by atoms with Gasteiger partial charge in [0.25, 0.3) is 0 Å². The minimum Gasteiger partial charge on any atom is -0.311 e. The van der Waals surface area contributed by atoms with Gasteiger partial charge in [-0.25, -0.2) is 0 Å². The van der Waals surface area contributed by atoms with Crippen LogP contribution in [0.1, 0.15) is 30.7 Å². The van der Waals surface area contributed by atoms with Crippen molar-refractivity contribution in [2.75, 3.05) is 19.6 Å². The van der Waals surface area contributed by atoms with Crippen LogP contribution in [0.15, 0.2) is 388 Å². The Labute approximate surface area is 553 Å². The monoisotopic (exact) mass is 1210 g/mol. The Kier molecular flexibility index (Phi) is 16.9. The second-order valence-electron chi connectivity index (χ2n) is 24.0. The third-order valence-corrected chi connectivity index (χ3v) is 18.0. The lowest BCUT2D eigenvalue weighted by Gasteiger charge is -2.28. The molecule has 2 aliphatic rings. The quantitative estimate of drug-likeness (QED) is 0.0849. The Bertz CT molecular complexity index is 4760. The third kappa shape index (κ3) is 12.7. The molecule has 0 amide bonds. The van der Waals surface area contributed by atoms with Crippen LogP contribution in [0.2, 0.25) is 0 Å². The van der Waals surface area contributed by atoms with Gasteiger partial charge in [0.1, 0.15) is 0 Å². The summed E-state index contributed by atoms with van der Waals surface area (Å²) in [6, 6.07) is 123. The fourth-order valence-electron chi connectivity index (χ4n) is 13.1. The van der Waals surface area contributed by atoms with Gasteiger partial charge >= 0.3 is 0 Å².